The van der Waals surface area contributed by atoms with Gasteiger partial charge in [-0.3, -0.25) is 4.79 Å². The lowest BCUT2D eigenvalue weighted by Crippen LogP contribution is -2.35. The first kappa shape index (κ1) is 10.9. The Morgan fingerprint density at radius 3 is 2.33 bits per heavy atom. The first-order valence-electron chi connectivity index (χ1n) is 3.56. The maximum absolute atomic E-state index is 11.5. The third kappa shape index (κ3) is 2.20. The number of carbonyl (C=O) groups is 1. The van der Waals surface area contributed by atoms with E-state index in [1.807, 2.05) is 6.08 Å². The number of rotatable bonds is 0. The number of halogens is 3. The number of allylic oxidation sites excluding steroid dienone is 2. The van der Waals surface area contributed by atoms with Crippen molar-refractivity contribution in [3.8, 4) is 0 Å². The van der Waals surface area contributed by atoms with Gasteiger partial charge in [0, 0.05) is 0 Å². The SMILES string of the molecule is CC1(C)C=C(Br)C(=O)C(Br)(Br)C1. The minimum atomic E-state index is -0.586. The van der Waals surface area contributed by atoms with E-state index in [-0.39, 0.29) is 11.2 Å². The molecule has 0 unspecified atom stereocenters. The van der Waals surface area contributed by atoms with Gasteiger partial charge in [0.1, 0.15) is 3.23 Å². The summed E-state index contributed by atoms with van der Waals surface area (Å²) in [7, 11) is 0. The second-order valence-corrected chi connectivity index (χ2v) is 8.32. The lowest BCUT2D eigenvalue weighted by Gasteiger charge is -2.33. The van der Waals surface area contributed by atoms with Crippen LogP contribution in [-0.4, -0.2) is 9.02 Å². The number of hydrogen-bond donors (Lipinski definition) is 0. The average molecular weight is 361 g/mol. The highest BCUT2D eigenvalue weighted by Gasteiger charge is 2.42. The Kier molecular flexibility index (Phi) is 2.92. The normalized spacial score (nSPS) is 26.8. The lowest BCUT2D eigenvalue weighted by atomic mass is 9.82. The van der Waals surface area contributed by atoms with E-state index < -0.39 is 3.23 Å². The monoisotopic (exact) mass is 358 g/mol. The Morgan fingerprint density at radius 2 is 1.92 bits per heavy atom. The van der Waals surface area contributed by atoms with Crippen LogP contribution < -0.4 is 0 Å². The van der Waals surface area contributed by atoms with Crippen LogP contribution in [-0.2, 0) is 4.79 Å². The quantitative estimate of drug-likeness (QED) is 0.601. The van der Waals surface area contributed by atoms with Crippen molar-refractivity contribution >= 4 is 53.6 Å². The van der Waals surface area contributed by atoms with Crippen LogP contribution in [0.25, 0.3) is 0 Å². The summed E-state index contributed by atoms with van der Waals surface area (Å²) in [4.78, 5) is 11.5. The zero-order valence-corrected chi connectivity index (χ0v) is 11.6. The molecule has 0 fully saturated rings. The van der Waals surface area contributed by atoms with Gasteiger partial charge in [-0.05, 0) is 27.8 Å². The van der Waals surface area contributed by atoms with E-state index in [0.717, 1.165) is 6.42 Å². The summed E-state index contributed by atoms with van der Waals surface area (Å²) >= 11 is 10.00. The van der Waals surface area contributed by atoms with Crippen molar-refractivity contribution in [3.63, 3.8) is 0 Å². The van der Waals surface area contributed by atoms with Crippen LogP contribution >= 0.6 is 47.8 Å². The molecule has 0 spiro atoms. The molecule has 0 aliphatic heterocycles. The van der Waals surface area contributed by atoms with Crippen molar-refractivity contribution in [2.75, 3.05) is 0 Å². The molecule has 0 bridgehead atoms. The third-order valence-electron chi connectivity index (χ3n) is 1.74. The first-order valence-corrected chi connectivity index (χ1v) is 5.93. The van der Waals surface area contributed by atoms with Gasteiger partial charge in [-0.25, -0.2) is 0 Å². The number of ketones is 1. The van der Waals surface area contributed by atoms with Crippen LogP contribution in [0.1, 0.15) is 20.3 Å². The van der Waals surface area contributed by atoms with Crippen LogP contribution in [0.2, 0.25) is 0 Å². The summed E-state index contributed by atoms with van der Waals surface area (Å²) in [6, 6.07) is 0. The summed E-state index contributed by atoms with van der Waals surface area (Å²) in [5.41, 5.74) is 0.0414. The molecule has 0 aromatic rings. The molecule has 0 aromatic heterocycles. The van der Waals surface area contributed by atoms with Crippen LogP contribution in [0.3, 0.4) is 0 Å². The van der Waals surface area contributed by atoms with Crippen molar-refractivity contribution in [1.29, 1.82) is 0 Å². The Labute approximate surface area is 97.4 Å². The molecule has 12 heavy (non-hydrogen) atoms. The van der Waals surface area contributed by atoms with Crippen molar-refractivity contribution in [3.05, 3.63) is 10.6 Å². The van der Waals surface area contributed by atoms with Gasteiger partial charge in [-0.2, -0.15) is 0 Å². The maximum atomic E-state index is 11.5. The predicted octanol–water partition coefficient (Wildman–Crippen LogP) is 3.75. The maximum Gasteiger partial charge on any atom is 0.196 e. The van der Waals surface area contributed by atoms with Gasteiger partial charge in [-0.1, -0.05) is 51.8 Å². The van der Waals surface area contributed by atoms with Crippen LogP contribution in [0.4, 0.5) is 0 Å². The van der Waals surface area contributed by atoms with E-state index in [4.69, 9.17) is 0 Å². The highest BCUT2D eigenvalue weighted by Crippen LogP contribution is 2.47. The van der Waals surface area contributed by atoms with Crippen LogP contribution in [0, 0.1) is 5.41 Å². The summed E-state index contributed by atoms with van der Waals surface area (Å²) in [6.45, 7) is 4.19. The molecular weight excluding hydrogens is 352 g/mol. The van der Waals surface area contributed by atoms with E-state index in [1.54, 1.807) is 0 Å². The van der Waals surface area contributed by atoms with Crippen LogP contribution in [0.15, 0.2) is 10.6 Å². The zero-order chi connectivity index (χ0) is 9.57. The van der Waals surface area contributed by atoms with E-state index in [2.05, 4.69) is 61.6 Å². The molecule has 1 nitrogen and oxygen atoms in total. The second kappa shape index (κ2) is 3.21. The number of Topliss-reactive ketones (excluding diaryl/α,β-unsaturated/α-hetero) is 1. The second-order valence-electron chi connectivity index (χ2n) is 3.69. The molecule has 0 saturated carbocycles. The Balaban J connectivity index is 3.09. The largest absolute Gasteiger partial charge is 0.291 e. The van der Waals surface area contributed by atoms with Crippen molar-refractivity contribution in [1.82, 2.24) is 0 Å². The highest BCUT2D eigenvalue weighted by molar-refractivity contribution is 9.26. The fourth-order valence-electron chi connectivity index (χ4n) is 1.29. The van der Waals surface area contributed by atoms with E-state index in [9.17, 15) is 4.79 Å². The van der Waals surface area contributed by atoms with Crippen molar-refractivity contribution < 1.29 is 4.79 Å². The molecule has 0 N–H and O–H groups in total. The predicted molar refractivity (Wildman–Crippen MR) is 61.0 cm³/mol. The fourth-order valence-corrected chi connectivity index (χ4v) is 4.65. The molecule has 0 heterocycles. The van der Waals surface area contributed by atoms with Crippen LogP contribution in [0.5, 0.6) is 0 Å². The standard InChI is InChI=1S/C8H9Br3O/c1-7(2)3-5(9)6(12)8(10,11)4-7/h3H,4H2,1-2H3. The molecule has 0 saturated heterocycles. The van der Waals surface area contributed by atoms with Crippen molar-refractivity contribution in [2.45, 2.75) is 23.5 Å². The Morgan fingerprint density at radius 1 is 1.42 bits per heavy atom. The van der Waals surface area contributed by atoms with Gasteiger partial charge in [0.2, 0.25) is 0 Å². The summed E-state index contributed by atoms with van der Waals surface area (Å²) in [5.74, 6) is 0.0572. The van der Waals surface area contributed by atoms with E-state index in [1.165, 1.54) is 0 Å². The zero-order valence-electron chi connectivity index (χ0n) is 6.83. The van der Waals surface area contributed by atoms with E-state index >= 15 is 0 Å². The summed E-state index contributed by atoms with van der Waals surface area (Å²) in [6.07, 6.45) is 2.71. The molecule has 1 aliphatic rings. The number of alkyl halides is 2. The molecule has 0 amide bonds. The smallest absolute Gasteiger partial charge is 0.196 e. The molecule has 0 radical (unpaired) electrons. The van der Waals surface area contributed by atoms with Crippen molar-refractivity contribution in [2.24, 2.45) is 5.41 Å². The molecule has 1 rings (SSSR count). The van der Waals surface area contributed by atoms with Gasteiger partial charge in [-0.15, -0.1) is 0 Å². The van der Waals surface area contributed by atoms with Gasteiger partial charge in [0.05, 0.1) is 4.48 Å². The summed E-state index contributed by atoms with van der Waals surface area (Å²) < 4.78 is 0.0596. The van der Waals surface area contributed by atoms with Gasteiger partial charge >= 0.3 is 0 Å². The summed E-state index contributed by atoms with van der Waals surface area (Å²) in [5, 5.41) is 0. The Hall–Kier alpha value is 0.850. The third-order valence-corrected chi connectivity index (χ3v) is 3.61. The molecule has 68 valence electrons. The molecule has 4 heteroatoms. The van der Waals surface area contributed by atoms with Gasteiger partial charge in [0.15, 0.2) is 5.78 Å². The Bertz CT molecular complexity index is 253. The molecule has 1 aliphatic carbocycles. The number of hydrogen-bond acceptors (Lipinski definition) is 1. The molecule has 0 atom stereocenters. The highest BCUT2D eigenvalue weighted by atomic mass is 79.9. The molecular formula is C8H9Br3O. The van der Waals surface area contributed by atoms with Gasteiger partial charge < -0.3 is 0 Å². The minimum Gasteiger partial charge on any atom is -0.291 e. The van der Waals surface area contributed by atoms with E-state index in [0.29, 0.717) is 4.48 Å². The van der Waals surface area contributed by atoms with Gasteiger partial charge in [0.25, 0.3) is 0 Å². The lowest BCUT2D eigenvalue weighted by molar-refractivity contribution is -0.115. The first-order chi connectivity index (χ1) is 5.25. The molecule has 0 aromatic carbocycles. The number of carbonyl (C=O) groups excluding carboxylic acids is 1. The minimum absolute atomic E-state index is 0.0414. The average Bonchev–Trinajstić information content (AvgIpc) is 1.79. The fraction of sp³-hybridized carbons (Fsp3) is 0.625. The topological polar surface area (TPSA) is 17.1 Å².